The van der Waals surface area contributed by atoms with Gasteiger partial charge in [0.15, 0.2) is 11.6 Å². The van der Waals surface area contributed by atoms with Gasteiger partial charge >= 0.3 is 0 Å². The van der Waals surface area contributed by atoms with Crippen molar-refractivity contribution in [2.24, 2.45) is 0 Å². The summed E-state index contributed by atoms with van der Waals surface area (Å²) in [5, 5.41) is 0. The first-order valence-electron chi connectivity index (χ1n) is 10.1. The molecule has 0 aromatic heterocycles. The van der Waals surface area contributed by atoms with Gasteiger partial charge in [-0.3, -0.25) is 0 Å². The zero-order valence-corrected chi connectivity index (χ0v) is 16.7. The maximum absolute atomic E-state index is 14.4. The summed E-state index contributed by atoms with van der Waals surface area (Å²) in [6.07, 6.45) is 9.50. The first-order valence-corrected chi connectivity index (χ1v) is 10.1. The summed E-state index contributed by atoms with van der Waals surface area (Å²) in [6.45, 7) is 6.72. The van der Waals surface area contributed by atoms with E-state index in [9.17, 15) is 8.78 Å². The number of benzene rings is 2. The van der Waals surface area contributed by atoms with Gasteiger partial charge in [0, 0.05) is 5.56 Å². The minimum absolute atomic E-state index is 0.0815. The van der Waals surface area contributed by atoms with E-state index < -0.39 is 11.6 Å². The zero-order valence-electron chi connectivity index (χ0n) is 16.7. The molecule has 0 aliphatic heterocycles. The molecule has 0 atom stereocenters. The van der Waals surface area contributed by atoms with Crippen molar-refractivity contribution in [1.82, 2.24) is 0 Å². The molecule has 2 aromatic carbocycles. The fourth-order valence-corrected chi connectivity index (χ4v) is 2.92. The monoisotopic (exact) mass is 388 g/mol. The minimum Gasteiger partial charge on any atom is -0.494 e. The van der Waals surface area contributed by atoms with Crippen molar-refractivity contribution >= 4 is 0 Å². The number of hydrogen-bond donors (Lipinski definition) is 0. The second-order valence-electron chi connectivity index (χ2n) is 6.81. The summed E-state index contributed by atoms with van der Waals surface area (Å²) in [6, 6.07) is 10.1. The van der Waals surface area contributed by atoms with Crippen molar-refractivity contribution in [3.05, 3.63) is 60.7 Å². The lowest BCUT2D eigenvalue weighted by atomic mass is 10.0. The summed E-state index contributed by atoms with van der Waals surface area (Å²) >= 11 is 0. The number of unbranched alkanes of at least 4 members (excludes halogenated alkanes) is 5. The fraction of sp³-hybridized carbons (Fsp3) is 0.417. The van der Waals surface area contributed by atoms with E-state index in [4.69, 9.17) is 9.47 Å². The molecular weight excluding hydrogens is 358 g/mol. The van der Waals surface area contributed by atoms with Gasteiger partial charge in [0.05, 0.1) is 13.2 Å². The van der Waals surface area contributed by atoms with Crippen molar-refractivity contribution in [3.8, 4) is 22.6 Å². The fourth-order valence-electron chi connectivity index (χ4n) is 2.92. The first-order chi connectivity index (χ1) is 13.7. The van der Waals surface area contributed by atoms with E-state index in [2.05, 4.69) is 13.5 Å². The highest BCUT2D eigenvalue weighted by Crippen LogP contribution is 2.31. The third kappa shape index (κ3) is 6.66. The molecule has 4 heteroatoms. The van der Waals surface area contributed by atoms with Gasteiger partial charge in [-0.05, 0) is 42.7 Å². The molecule has 0 saturated heterocycles. The summed E-state index contributed by atoms with van der Waals surface area (Å²) in [4.78, 5) is 0. The van der Waals surface area contributed by atoms with E-state index in [-0.39, 0.29) is 17.9 Å². The molecule has 0 heterocycles. The van der Waals surface area contributed by atoms with Gasteiger partial charge in [0.25, 0.3) is 0 Å². The number of halogens is 2. The average Bonchev–Trinajstić information content (AvgIpc) is 2.71. The third-order valence-electron chi connectivity index (χ3n) is 4.56. The molecule has 0 fully saturated rings. The van der Waals surface area contributed by atoms with E-state index in [1.54, 1.807) is 30.3 Å². The lowest BCUT2D eigenvalue weighted by Gasteiger charge is -2.11. The Labute approximate surface area is 167 Å². The Morgan fingerprint density at radius 1 is 0.821 bits per heavy atom. The Kier molecular flexibility index (Phi) is 9.53. The number of hydrogen-bond acceptors (Lipinski definition) is 2. The predicted octanol–water partition coefficient (Wildman–Crippen LogP) is 7.33. The molecule has 0 amide bonds. The van der Waals surface area contributed by atoms with Gasteiger partial charge in [0.2, 0.25) is 5.82 Å². The lowest BCUT2D eigenvalue weighted by Crippen LogP contribution is -2.01. The van der Waals surface area contributed by atoms with Crippen LogP contribution in [0.2, 0.25) is 0 Å². The third-order valence-corrected chi connectivity index (χ3v) is 4.56. The maximum atomic E-state index is 14.4. The molecule has 2 nitrogen and oxygen atoms in total. The molecule has 0 bridgehead atoms. The summed E-state index contributed by atoms with van der Waals surface area (Å²) < 4.78 is 39.6. The van der Waals surface area contributed by atoms with Crippen molar-refractivity contribution in [2.75, 3.05) is 13.2 Å². The van der Waals surface area contributed by atoms with E-state index in [0.29, 0.717) is 18.6 Å². The Bertz CT molecular complexity index is 726. The second kappa shape index (κ2) is 12.2. The average molecular weight is 388 g/mol. The van der Waals surface area contributed by atoms with Crippen molar-refractivity contribution in [1.29, 1.82) is 0 Å². The first kappa shape index (κ1) is 21.9. The van der Waals surface area contributed by atoms with Gasteiger partial charge in [-0.15, -0.1) is 6.58 Å². The van der Waals surface area contributed by atoms with Gasteiger partial charge in [-0.2, -0.15) is 4.39 Å². The smallest absolute Gasteiger partial charge is 0.201 e. The molecular formula is C24H30F2O2. The SMILES string of the molecule is C=CCCOc1ccc(-c2ccc(OCCCCCCCC)cc2)c(F)c1F. The number of rotatable bonds is 13. The van der Waals surface area contributed by atoms with Crippen molar-refractivity contribution < 1.29 is 18.3 Å². The molecule has 0 N–H and O–H groups in total. The largest absolute Gasteiger partial charge is 0.494 e. The number of ether oxygens (including phenoxy) is 2. The summed E-state index contributed by atoms with van der Waals surface area (Å²) in [5.41, 5.74) is 0.803. The lowest BCUT2D eigenvalue weighted by molar-refractivity contribution is 0.302. The van der Waals surface area contributed by atoms with Crippen LogP contribution >= 0.6 is 0 Å². The summed E-state index contributed by atoms with van der Waals surface area (Å²) in [7, 11) is 0. The Morgan fingerprint density at radius 3 is 2.25 bits per heavy atom. The van der Waals surface area contributed by atoms with Crippen LogP contribution in [0.5, 0.6) is 11.5 Å². The van der Waals surface area contributed by atoms with Crippen LogP contribution in [0.15, 0.2) is 49.1 Å². The van der Waals surface area contributed by atoms with Gasteiger partial charge in [-0.1, -0.05) is 57.2 Å². The quantitative estimate of drug-likeness (QED) is 0.264. The van der Waals surface area contributed by atoms with Crippen LogP contribution in [-0.2, 0) is 0 Å². The van der Waals surface area contributed by atoms with Crippen molar-refractivity contribution in [2.45, 2.75) is 51.9 Å². The van der Waals surface area contributed by atoms with E-state index in [1.807, 2.05) is 0 Å². The van der Waals surface area contributed by atoms with E-state index in [0.717, 1.165) is 12.2 Å². The van der Waals surface area contributed by atoms with Crippen LogP contribution in [0.3, 0.4) is 0 Å². The van der Waals surface area contributed by atoms with Crippen LogP contribution in [-0.4, -0.2) is 13.2 Å². The highest BCUT2D eigenvalue weighted by atomic mass is 19.2. The molecule has 0 radical (unpaired) electrons. The topological polar surface area (TPSA) is 18.5 Å². The van der Waals surface area contributed by atoms with Crippen LogP contribution in [0.4, 0.5) is 8.78 Å². The molecule has 2 rings (SSSR count). The van der Waals surface area contributed by atoms with Gasteiger partial charge < -0.3 is 9.47 Å². The normalized spacial score (nSPS) is 10.7. The molecule has 152 valence electrons. The molecule has 28 heavy (non-hydrogen) atoms. The van der Waals surface area contributed by atoms with E-state index in [1.165, 1.54) is 44.2 Å². The van der Waals surface area contributed by atoms with E-state index >= 15 is 0 Å². The molecule has 0 saturated carbocycles. The predicted molar refractivity (Wildman–Crippen MR) is 111 cm³/mol. The molecule has 0 aliphatic rings. The highest BCUT2D eigenvalue weighted by molar-refractivity contribution is 5.66. The minimum atomic E-state index is -0.968. The van der Waals surface area contributed by atoms with Crippen LogP contribution in [0, 0.1) is 11.6 Å². The van der Waals surface area contributed by atoms with Crippen molar-refractivity contribution in [3.63, 3.8) is 0 Å². The molecule has 2 aromatic rings. The molecule has 0 aliphatic carbocycles. The Balaban J connectivity index is 1.90. The Hall–Kier alpha value is -2.36. The highest BCUT2D eigenvalue weighted by Gasteiger charge is 2.15. The Morgan fingerprint density at radius 2 is 1.54 bits per heavy atom. The second-order valence-corrected chi connectivity index (χ2v) is 6.81. The van der Waals surface area contributed by atoms with Crippen LogP contribution in [0.25, 0.3) is 11.1 Å². The molecule has 0 spiro atoms. The van der Waals surface area contributed by atoms with Crippen LogP contribution < -0.4 is 9.47 Å². The maximum Gasteiger partial charge on any atom is 0.201 e. The molecule has 0 unspecified atom stereocenters. The van der Waals surface area contributed by atoms with Gasteiger partial charge in [-0.25, -0.2) is 4.39 Å². The zero-order chi connectivity index (χ0) is 20.2. The summed E-state index contributed by atoms with van der Waals surface area (Å²) in [5.74, 6) is -1.22. The van der Waals surface area contributed by atoms with Gasteiger partial charge in [0.1, 0.15) is 5.75 Å². The van der Waals surface area contributed by atoms with Crippen LogP contribution in [0.1, 0.15) is 51.9 Å². The standard InChI is InChI=1S/C24H30F2O2/c1-3-5-7-8-9-10-18-27-20-13-11-19(12-14-20)21-15-16-22(24(26)23(21)25)28-17-6-4-2/h4,11-16H,2-3,5-10,17-18H2,1H3.